The van der Waals surface area contributed by atoms with Crippen molar-refractivity contribution >= 4 is 33.6 Å². The molecule has 1 aliphatic rings. The fourth-order valence-electron chi connectivity index (χ4n) is 3.62. The predicted molar refractivity (Wildman–Crippen MR) is 117 cm³/mol. The number of nitrogens with one attached hydrogen (secondary N) is 2. The maximum absolute atomic E-state index is 10.8. The average Bonchev–Trinajstić information content (AvgIpc) is 3.42. The van der Waals surface area contributed by atoms with E-state index in [2.05, 4.69) is 31.7 Å². The molecule has 2 aromatic heterocycles. The van der Waals surface area contributed by atoms with E-state index in [0.29, 0.717) is 5.69 Å². The van der Waals surface area contributed by atoms with Crippen molar-refractivity contribution in [1.29, 1.82) is 0 Å². The third-order valence-corrected chi connectivity index (χ3v) is 5.94. The third kappa shape index (κ3) is 3.57. The molecule has 29 heavy (non-hydrogen) atoms. The Morgan fingerprint density at radius 1 is 1.07 bits per heavy atom. The minimum absolute atomic E-state index is 0.583. The molecule has 3 N–H and O–H groups in total. The molecule has 1 aliphatic heterocycles. The molecule has 148 valence electrons. The van der Waals surface area contributed by atoms with Crippen LogP contribution in [-0.2, 0) is 0 Å². The van der Waals surface area contributed by atoms with Crippen molar-refractivity contribution in [1.82, 2.24) is 20.1 Å². The molecule has 1 saturated heterocycles. The number of anilines is 2. The second-order valence-corrected chi connectivity index (χ2v) is 7.81. The Balaban J connectivity index is 1.38. The summed E-state index contributed by atoms with van der Waals surface area (Å²) in [5.41, 5.74) is 3.59. The van der Waals surface area contributed by atoms with Crippen molar-refractivity contribution in [3.05, 3.63) is 65.8 Å². The molecule has 1 fully saturated rings. The number of hydrogen-bond acceptors (Lipinski definition) is 7. The molecule has 3 heterocycles. The zero-order valence-corrected chi connectivity index (χ0v) is 16.6. The molecule has 0 amide bonds. The molecule has 7 nitrogen and oxygen atoms in total. The highest BCUT2D eigenvalue weighted by Gasteiger charge is 2.18. The van der Waals surface area contributed by atoms with E-state index < -0.39 is 6.23 Å². The van der Waals surface area contributed by atoms with Crippen LogP contribution in [0, 0.1) is 0 Å². The Morgan fingerprint density at radius 2 is 1.86 bits per heavy atom. The molecule has 0 radical (unpaired) electrons. The van der Waals surface area contributed by atoms with E-state index in [1.165, 1.54) is 11.3 Å². The molecular weight excluding hydrogens is 384 g/mol. The summed E-state index contributed by atoms with van der Waals surface area (Å²) in [4.78, 5) is 6.95. The number of aliphatic hydroxyl groups is 1. The molecule has 2 aromatic carbocycles. The first kappa shape index (κ1) is 18.1. The van der Waals surface area contributed by atoms with Gasteiger partial charge in [0.05, 0.1) is 23.1 Å². The van der Waals surface area contributed by atoms with Gasteiger partial charge in [-0.25, -0.2) is 9.67 Å². The zero-order valence-electron chi connectivity index (χ0n) is 15.8. The Hall–Kier alpha value is -2.94. The second kappa shape index (κ2) is 7.82. The number of fused-ring (bicyclic) bond motifs is 1. The van der Waals surface area contributed by atoms with Crippen LogP contribution in [0.2, 0.25) is 0 Å². The lowest BCUT2D eigenvalue weighted by Crippen LogP contribution is -2.43. The van der Waals surface area contributed by atoms with Crippen LogP contribution in [-0.4, -0.2) is 46.1 Å². The number of hydrogen-bond donors (Lipinski definition) is 3. The molecule has 4 aromatic rings. The van der Waals surface area contributed by atoms with Gasteiger partial charge in [-0.15, -0.1) is 11.3 Å². The Kier molecular flexibility index (Phi) is 4.89. The van der Waals surface area contributed by atoms with E-state index in [4.69, 9.17) is 0 Å². The van der Waals surface area contributed by atoms with Crippen LogP contribution in [0.1, 0.15) is 11.9 Å². The highest BCUT2D eigenvalue weighted by molar-refractivity contribution is 7.12. The van der Waals surface area contributed by atoms with E-state index >= 15 is 0 Å². The number of thiazole rings is 1. The Bertz CT molecular complexity index is 1120. The predicted octanol–water partition coefficient (Wildman–Crippen LogP) is 2.99. The molecule has 8 heteroatoms. The van der Waals surface area contributed by atoms with Gasteiger partial charge in [0.25, 0.3) is 0 Å². The van der Waals surface area contributed by atoms with E-state index in [1.807, 2.05) is 58.7 Å². The largest absolute Gasteiger partial charge is 0.368 e. The van der Waals surface area contributed by atoms with Crippen molar-refractivity contribution in [2.45, 2.75) is 6.23 Å². The minimum Gasteiger partial charge on any atom is -0.368 e. The highest BCUT2D eigenvalue weighted by atomic mass is 32.1. The van der Waals surface area contributed by atoms with Crippen molar-refractivity contribution in [3.8, 4) is 5.13 Å². The van der Waals surface area contributed by atoms with Crippen LogP contribution in [0.3, 0.4) is 0 Å². The molecule has 5 rings (SSSR count). The first-order valence-electron chi connectivity index (χ1n) is 9.67. The number of aliphatic hydroxyl groups excluding tert-OH is 1. The second-order valence-electron chi connectivity index (χ2n) is 6.97. The zero-order chi connectivity index (χ0) is 19.6. The van der Waals surface area contributed by atoms with Crippen LogP contribution in [0.15, 0.2) is 60.1 Å². The molecule has 0 aliphatic carbocycles. The van der Waals surface area contributed by atoms with E-state index in [0.717, 1.165) is 53.6 Å². The molecule has 0 spiro atoms. The molecule has 1 atom stereocenters. The van der Waals surface area contributed by atoms with Crippen molar-refractivity contribution in [3.63, 3.8) is 0 Å². The van der Waals surface area contributed by atoms with Gasteiger partial charge < -0.3 is 20.6 Å². The maximum Gasteiger partial charge on any atom is 0.211 e. The number of para-hydroxylation sites is 3. The van der Waals surface area contributed by atoms with Gasteiger partial charge in [-0.2, -0.15) is 5.10 Å². The summed E-state index contributed by atoms with van der Waals surface area (Å²) < 4.78 is 1.81. The quantitative estimate of drug-likeness (QED) is 0.442. The van der Waals surface area contributed by atoms with Gasteiger partial charge in [-0.3, -0.25) is 0 Å². The van der Waals surface area contributed by atoms with Gasteiger partial charge in [0.2, 0.25) is 5.13 Å². The van der Waals surface area contributed by atoms with Gasteiger partial charge >= 0.3 is 0 Å². The summed E-state index contributed by atoms with van der Waals surface area (Å²) in [6.07, 6.45) is 0.931. The number of nitrogens with zero attached hydrogens (tertiary/aromatic N) is 4. The molecular formula is C21H22N6OS. The normalized spacial score (nSPS) is 15.6. The summed E-state index contributed by atoms with van der Waals surface area (Å²) in [6, 6.07) is 16.1. The van der Waals surface area contributed by atoms with Crippen molar-refractivity contribution in [2.75, 3.05) is 36.4 Å². The number of rotatable bonds is 5. The molecule has 0 saturated carbocycles. The smallest absolute Gasteiger partial charge is 0.211 e. The van der Waals surface area contributed by atoms with Crippen LogP contribution in [0.5, 0.6) is 0 Å². The van der Waals surface area contributed by atoms with Gasteiger partial charge in [0.15, 0.2) is 6.23 Å². The lowest BCUT2D eigenvalue weighted by Gasteiger charge is -2.31. The summed E-state index contributed by atoms with van der Waals surface area (Å²) in [7, 11) is 0. The van der Waals surface area contributed by atoms with Gasteiger partial charge in [0.1, 0.15) is 5.69 Å². The van der Waals surface area contributed by atoms with Crippen LogP contribution in [0.4, 0.5) is 11.4 Å². The Morgan fingerprint density at radius 3 is 2.76 bits per heavy atom. The van der Waals surface area contributed by atoms with Crippen LogP contribution in [0.25, 0.3) is 16.0 Å². The first-order chi connectivity index (χ1) is 14.3. The maximum atomic E-state index is 10.8. The van der Waals surface area contributed by atoms with Gasteiger partial charge in [-0.05, 0) is 18.2 Å². The summed E-state index contributed by atoms with van der Waals surface area (Å²) >= 11 is 1.46. The van der Waals surface area contributed by atoms with E-state index in [9.17, 15) is 5.11 Å². The van der Waals surface area contributed by atoms with Crippen LogP contribution >= 0.6 is 11.3 Å². The summed E-state index contributed by atoms with van der Waals surface area (Å²) in [5.74, 6) is 0. The minimum atomic E-state index is -0.897. The monoisotopic (exact) mass is 406 g/mol. The molecule has 0 bridgehead atoms. The van der Waals surface area contributed by atoms with E-state index in [-0.39, 0.29) is 0 Å². The lowest BCUT2D eigenvalue weighted by atomic mass is 10.2. The average molecular weight is 407 g/mol. The Labute approximate surface area is 172 Å². The molecule has 1 unspecified atom stereocenters. The highest BCUT2D eigenvalue weighted by Crippen LogP contribution is 2.30. The van der Waals surface area contributed by atoms with Crippen molar-refractivity contribution < 1.29 is 5.11 Å². The summed E-state index contributed by atoms with van der Waals surface area (Å²) in [6.45, 7) is 3.82. The number of aromatic nitrogens is 3. The SMILES string of the molecule is OC(Nc1ccccc1N1CCNCC1)c1csc(-n2ncc3ccccc32)n1. The number of benzene rings is 2. The van der Waals surface area contributed by atoms with Gasteiger partial charge in [0, 0.05) is 36.9 Å². The van der Waals surface area contributed by atoms with Crippen molar-refractivity contribution in [2.24, 2.45) is 0 Å². The topological polar surface area (TPSA) is 78.2 Å². The fourth-order valence-corrected chi connectivity index (χ4v) is 4.43. The summed E-state index contributed by atoms with van der Waals surface area (Å²) in [5, 5.41) is 25.5. The van der Waals surface area contributed by atoms with E-state index in [1.54, 1.807) is 0 Å². The third-order valence-electron chi connectivity index (χ3n) is 5.10. The number of piperazine rings is 1. The first-order valence-corrected chi connectivity index (χ1v) is 10.6. The standard InChI is InChI=1S/C21H22N6OS/c28-20(24-16-6-2-4-8-19(16)26-11-9-22-10-12-26)17-14-29-21(25-17)27-18-7-3-1-5-15(18)13-23-27/h1-8,13-14,20,22,24,28H,9-12H2. The van der Waals surface area contributed by atoms with Gasteiger partial charge in [-0.1, -0.05) is 30.3 Å². The fraction of sp³-hybridized carbons (Fsp3) is 0.238. The lowest BCUT2D eigenvalue weighted by molar-refractivity contribution is 0.204. The van der Waals surface area contributed by atoms with Crippen LogP contribution < -0.4 is 15.5 Å².